The van der Waals surface area contributed by atoms with Crippen molar-refractivity contribution in [2.45, 2.75) is 45.6 Å². The van der Waals surface area contributed by atoms with Gasteiger partial charge in [0.1, 0.15) is 5.75 Å². The van der Waals surface area contributed by atoms with E-state index in [9.17, 15) is 4.79 Å². The molecule has 0 aliphatic carbocycles. The molecule has 2 N–H and O–H groups in total. The van der Waals surface area contributed by atoms with Gasteiger partial charge in [-0.2, -0.15) is 0 Å². The number of carbonyl (C=O) groups is 1. The molecule has 1 aliphatic rings. The Hall–Kier alpha value is -1.97. The molecule has 1 fully saturated rings. The number of ether oxygens (including phenoxy) is 1. The number of likely N-dealkylation sites (tertiary alicyclic amines) is 1. The molecule has 1 amide bonds. The summed E-state index contributed by atoms with van der Waals surface area (Å²) in [7, 11) is 0. The molecular weight excluding hydrogens is 276 g/mol. The molecule has 1 aromatic rings. The summed E-state index contributed by atoms with van der Waals surface area (Å²) >= 11 is 0. The van der Waals surface area contributed by atoms with Crippen molar-refractivity contribution in [3.63, 3.8) is 0 Å². The van der Waals surface area contributed by atoms with Crippen LogP contribution in [-0.4, -0.2) is 30.0 Å². The first-order valence-electron chi connectivity index (χ1n) is 8.09. The van der Waals surface area contributed by atoms with Crippen LogP contribution in [0.25, 0.3) is 6.08 Å². The van der Waals surface area contributed by atoms with E-state index in [0.29, 0.717) is 11.4 Å². The molecule has 0 atom stereocenters. The van der Waals surface area contributed by atoms with Gasteiger partial charge in [0, 0.05) is 19.2 Å². The van der Waals surface area contributed by atoms with E-state index in [1.807, 2.05) is 43.0 Å². The fraction of sp³-hybridized carbons (Fsp3) is 0.500. The summed E-state index contributed by atoms with van der Waals surface area (Å²) < 4.78 is 5.61. The van der Waals surface area contributed by atoms with Crippen molar-refractivity contribution in [2.24, 2.45) is 0 Å². The topological polar surface area (TPSA) is 55.6 Å². The Balaban J connectivity index is 2.00. The number of hydrogen-bond donors (Lipinski definition) is 1. The van der Waals surface area contributed by atoms with Crippen molar-refractivity contribution in [2.75, 3.05) is 18.8 Å². The monoisotopic (exact) mass is 302 g/mol. The van der Waals surface area contributed by atoms with Gasteiger partial charge in [-0.3, -0.25) is 4.79 Å². The van der Waals surface area contributed by atoms with E-state index in [1.54, 1.807) is 6.08 Å². The zero-order chi connectivity index (χ0) is 15.9. The van der Waals surface area contributed by atoms with Gasteiger partial charge in [0.15, 0.2) is 0 Å². The minimum Gasteiger partial charge on any atom is -0.489 e. The predicted octanol–water partition coefficient (Wildman–Crippen LogP) is 3.47. The van der Waals surface area contributed by atoms with E-state index >= 15 is 0 Å². The van der Waals surface area contributed by atoms with E-state index < -0.39 is 0 Å². The molecule has 0 radical (unpaired) electrons. The molecule has 2 rings (SSSR count). The summed E-state index contributed by atoms with van der Waals surface area (Å²) in [6.45, 7) is 5.67. The maximum Gasteiger partial charge on any atom is 0.246 e. The second-order valence-electron chi connectivity index (χ2n) is 6.04. The van der Waals surface area contributed by atoms with E-state index in [0.717, 1.165) is 31.5 Å². The third-order valence-corrected chi connectivity index (χ3v) is 3.73. The highest BCUT2D eigenvalue weighted by molar-refractivity contribution is 5.92. The second kappa shape index (κ2) is 7.87. The maximum atomic E-state index is 12.2. The Labute approximate surface area is 132 Å². The minimum absolute atomic E-state index is 0.0861. The Morgan fingerprint density at radius 2 is 1.91 bits per heavy atom. The van der Waals surface area contributed by atoms with Gasteiger partial charge in [-0.1, -0.05) is 18.9 Å². The Bertz CT molecular complexity index is 530. The highest BCUT2D eigenvalue weighted by Gasteiger charge is 2.12. The molecule has 1 heterocycles. The van der Waals surface area contributed by atoms with Gasteiger partial charge in [-0.05, 0) is 50.5 Å². The molecule has 0 spiro atoms. The highest BCUT2D eigenvalue weighted by Crippen LogP contribution is 2.24. The molecule has 120 valence electrons. The molecule has 0 aromatic heterocycles. The first kappa shape index (κ1) is 16.4. The maximum absolute atomic E-state index is 12.2. The van der Waals surface area contributed by atoms with Crippen molar-refractivity contribution in [1.29, 1.82) is 0 Å². The molecule has 1 saturated heterocycles. The molecule has 4 heteroatoms. The molecule has 22 heavy (non-hydrogen) atoms. The lowest BCUT2D eigenvalue weighted by molar-refractivity contribution is -0.125. The Morgan fingerprint density at radius 3 is 2.50 bits per heavy atom. The fourth-order valence-corrected chi connectivity index (χ4v) is 2.60. The van der Waals surface area contributed by atoms with Crippen LogP contribution in [-0.2, 0) is 4.79 Å². The number of nitrogens with zero attached hydrogens (tertiary/aromatic N) is 1. The van der Waals surface area contributed by atoms with Gasteiger partial charge in [-0.15, -0.1) is 0 Å². The summed E-state index contributed by atoms with van der Waals surface area (Å²) in [6, 6.07) is 5.61. The SMILES string of the molecule is CC(C)Oc1ccc(/C=C\C(=O)N2CCCCCC2)cc1N. The first-order chi connectivity index (χ1) is 10.6. The van der Waals surface area contributed by atoms with Crippen LogP contribution < -0.4 is 10.5 Å². The van der Waals surface area contributed by atoms with Gasteiger partial charge in [0.05, 0.1) is 11.8 Å². The standard InChI is InChI=1S/C18H26N2O2/c1-14(2)22-17-9-7-15(13-16(17)19)8-10-18(21)20-11-5-3-4-6-12-20/h7-10,13-14H,3-6,11-12,19H2,1-2H3/b10-8-. The van der Waals surface area contributed by atoms with Crippen LogP contribution in [0.1, 0.15) is 45.1 Å². The van der Waals surface area contributed by atoms with E-state index in [1.165, 1.54) is 12.8 Å². The average Bonchev–Trinajstić information content (AvgIpc) is 2.76. The predicted molar refractivity (Wildman–Crippen MR) is 90.7 cm³/mol. The lowest BCUT2D eigenvalue weighted by Crippen LogP contribution is -2.30. The van der Waals surface area contributed by atoms with Crippen LogP contribution in [0.2, 0.25) is 0 Å². The first-order valence-corrected chi connectivity index (χ1v) is 8.09. The van der Waals surface area contributed by atoms with Gasteiger partial charge >= 0.3 is 0 Å². The quantitative estimate of drug-likeness (QED) is 0.684. The molecule has 1 aliphatic heterocycles. The summed E-state index contributed by atoms with van der Waals surface area (Å²) in [5.74, 6) is 0.772. The summed E-state index contributed by atoms with van der Waals surface area (Å²) in [4.78, 5) is 14.1. The molecule has 1 aromatic carbocycles. The number of anilines is 1. The van der Waals surface area contributed by atoms with Crippen LogP contribution in [0.4, 0.5) is 5.69 Å². The number of hydrogen-bond acceptors (Lipinski definition) is 3. The Kier molecular flexibility index (Phi) is 5.87. The number of nitrogens with two attached hydrogens (primary N) is 1. The van der Waals surface area contributed by atoms with Crippen LogP contribution in [0.5, 0.6) is 5.75 Å². The fourth-order valence-electron chi connectivity index (χ4n) is 2.60. The lowest BCUT2D eigenvalue weighted by Gasteiger charge is -2.18. The molecule has 4 nitrogen and oxygen atoms in total. The number of amides is 1. The average molecular weight is 302 g/mol. The lowest BCUT2D eigenvalue weighted by atomic mass is 10.1. The van der Waals surface area contributed by atoms with Crippen LogP contribution in [0.3, 0.4) is 0 Å². The van der Waals surface area contributed by atoms with Crippen LogP contribution in [0, 0.1) is 0 Å². The number of rotatable bonds is 4. The highest BCUT2D eigenvalue weighted by atomic mass is 16.5. The van der Waals surface area contributed by atoms with Gasteiger partial charge in [0.25, 0.3) is 0 Å². The van der Waals surface area contributed by atoms with Crippen molar-refractivity contribution in [3.8, 4) is 5.75 Å². The third-order valence-electron chi connectivity index (χ3n) is 3.73. The van der Waals surface area contributed by atoms with Crippen LogP contribution >= 0.6 is 0 Å². The van der Waals surface area contributed by atoms with Gasteiger partial charge < -0.3 is 15.4 Å². The van der Waals surface area contributed by atoms with E-state index in [-0.39, 0.29) is 12.0 Å². The third kappa shape index (κ3) is 4.79. The second-order valence-corrected chi connectivity index (χ2v) is 6.04. The number of carbonyl (C=O) groups excluding carboxylic acids is 1. The normalized spacial score (nSPS) is 16.0. The van der Waals surface area contributed by atoms with Crippen molar-refractivity contribution < 1.29 is 9.53 Å². The summed E-state index contributed by atoms with van der Waals surface area (Å²) in [6.07, 6.45) is 8.21. The summed E-state index contributed by atoms with van der Waals surface area (Å²) in [5.41, 5.74) is 7.49. The molecule has 0 unspecified atom stereocenters. The van der Waals surface area contributed by atoms with Crippen molar-refractivity contribution >= 4 is 17.7 Å². The minimum atomic E-state index is 0.0861. The van der Waals surface area contributed by atoms with Gasteiger partial charge in [0.2, 0.25) is 5.91 Å². The zero-order valence-corrected chi connectivity index (χ0v) is 13.5. The van der Waals surface area contributed by atoms with Gasteiger partial charge in [-0.25, -0.2) is 0 Å². The van der Waals surface area contributed by atoms with Crippen LogP contribution in [0.15, 0.2) is 24.3 Å². The number of benzene rings is 1. The Morgan fingerprint density at radius 1 is 1.23 bits per heavy atom. The molecule has 0 saturated carbocycles. The smallest absolute Gasteiger partial charge is 0.246 e. The van der Waals surface area contributed by atoms with E-state index in [4.69, 9.17) is 10.5 Å². The zero-order valence-electron chi connectivity index (χ0n) is 13.5. The number of nitrogen functional groups attached to an aromatic ring is 1. The van der Waals surface area contributed by atoms with E-state index in [2.05, 4.69) is 0 Å². The largest absolute Gasteiger partial charge is 0.489 e. The molecule has 0 bridgehead atoms. The summed E-state index contributed by atoms with van der Waals surface area (Å²) in [5, 5.41) is 0. The van der Waals surface area contributed by atoms with Crippen molar-refractivity contribution in [3.05, 3.63) is 29.8 Å². The van der Waals surface area contributed by atoms with Crippen molar-refractivity contribution in [1.82, 2.24) is 4.90 Å². The molecular formula is C18H26N2O2.